The molecular weight excluding hydrogens is 162 g/mol. The summed E-state index contributed by atoms with van der Waals surface area (Å²) in [5.41, 5.74) is 6.29. The molecule has 1 fully saturated rings. The normalized spacial score (nSPS) is 25.8. The van der Waals surface area contributed by atoms with Crippen molar-refractivity contribution in [3.05, 3.63) is 0 Å². The highest BCUT2D eigenvalue weighted by Gasteiger charge is 2.37. The topological polar surface area (TPSA) is 35.2 Å². The van der Waals surface area contributed by atoms with E-state index in [0.717, 1.165) is 19.4 Å². The van der Waals surface area contributed by atoms with Crippen LogP contribution >= 0.6 is 0 Å². The molecule has 2 N–H and O–H groups in total. The third-order valence-electron chi connectivity index (χ3n) is 3.34. The summed E-state index contributed by atoms with van der Waals surface area (Å²) in [6.07, 6.45) is 4.74. The van der Waals surface area contributed by atoms with Crippen molar-refractivity contribution in [2.75, 3.05) is 13.2 Å². The van der Waals surface area contributed by atoms with Crippen molar-refractivity contribution in [3.8, 4) is 0 Å². The number of hydrogen-bond donors (Lipinski definition) is 1. The van der Waals surface area contributed by atoms with Gasteiger partial charge in [0, 0.05) is 13.2 Å². The summed E-state index contributed by atoms with van der Waals surface area (Å²) in [5, 5.41) is 0. The molecule has 1 saturated carbocycles. The van der Waals surface area contributed by atoms with Crippen LogP contribution in [0.3, 0.4) is 0 Å². The maximum absolute atomic E-state index is 5.79. The van der Waals surface area contributed by atoms with Gasteiger partial charge in [-0.05, 0) is 38.0 Å². The Kier molecular flexibility index (Phi) is 3.36. The van der Waals surface area contributed by atoms with Gasteiger partial charge in [0.2, 0.25) is 0 Å². The van der Waals surface area contributed by atoms with Crippen LogP contribution in [0, 0.1) is 5.41 Å². The number of nitrogens with two attached hydrogens (primary N) is 1. The van der Waals surface area contributed by atoms with Crippen molar-refractivity contribution < 1.29 is 4.74 Å². The molecule has 0 saturated heterocycles. The molecule has 13 heavy (non-hydrogen) atoms. The average Bonchev–Trinajstić information content (AvgIpc) is 2.10. The lowest BCUT2D eigenvalue weighted by Gasteiger charge is -2.42. The zero-order valence-electron chi connectivity index (χ0n) is 9.23. The summed E-state index contributed by atoms with van der Waals surface area (Å²) in [6, 6.07) is 0. The molecule has 0 amide bonds. The van der Waals surface area contributed by atoms with E-state index in [-0.39, 0.29) is 5.60 Å². The Bertz CT molecular complexity index is 155. The van der Waals surface area contributed by atoms with Crippen LogP contribution in [0.25, 0.3) is 0 Å². The highest BCUT2D eigenvalue weighted by Crippen LogP contribution is 2.41. The predicted molar refractivity (Wildman–Crippen MR) is 55.7 cm³/mol. The molecule has 1 aliphatic rings. The fourth-order valence-corrected chi connectivity index (χ4v) is 2.10. The molecule has 0 unspecified atom stereocenters. The van der Waals surface area contributed by atoms with Crippen LogP contribution in [0.2, 0.25) is 0 Å². The van der Waals surface area contributed by atoms with Gasteiger partial charge in [0.05, 0.1) is 5.60 Å². The van der Waals surface area contributed by atoms with Crippen LogP contribution in [0.15, 0.2) is 0 Å². The number of ether oxygens (including phenoxy) is 1. The van der Waals surface area contributed by atoms with Crippen molar-refractivity contribution >= 4 is 0 Å². The Hall–Kier alpha value is -0.0800. The average molecular weight is 185 g/mol. The second kappa shape index (κ2) is 3.97. The smallest absolute Gasteiger partial charge is 0.0804 e. The van der Waals surface area contributed by atoms with Crippen LogP contribution in [0.4, 0.5) is 0 Å². The summed E-state index contributed by atoms with van der Waals surface area (Å²) in [5.74, 6) is 0. The van der Waals surface area contributed by atoms with Crippen LogP contribution in [0.1, 0.15) is 46.5 Å². The van der Waals surface area contributed by atoms with Gasteiger partial charge in [0.1, 0.15) is 0 Å². The van der Waals surface area contributed by atoms with Gasteiger partial charge in [-0.15, -0.1) is 0 Å². The van der Waals surface area contributed by atoms with Gasteiger partial charge in [0.15, 0.2) is 0 Å². The first-order valence-corrected chi connectivity index (χ1v) is 5.38. The molecule has 0 radical (unpaired) electrons. The fraction of sp³-hybridized carbons (Fsp3) is 1.00. The SMILES string of the molecule is CCOC1(CN)CCC(C)(C)CC1. The highest BCUT2D eigenvalue weighted by molar-refractivity contribution is 4.91. The van der Waals surface area contributed by atoms with Crippen molar-refractivity contribution in [3.63, 3.8) is 0 Å². The van der Waals surface area contributed by atoms with Gasteiger partial charge in [-0.3, -0.25) is 0 Å². The Morgan fingerprint density at radius 3 is 2.08 bits per heavy atom. The summed E-state index contributed by atoms with van der Waals surface area (Å²) in [4.78, 5) is 0. The number of hydrogen-bond acceptors (Lipinski definition) is 2. The zero-order chi connectivity index (χ0) is 9.95. The molecule has 2 heteroatoms. The molecule has 0 bridgehead atoms. The van der Waals surface area contributed by atoms with Crippen LogP contribution in [-0.2, 0) is 4.74 Å². The second-order valence-corrected chi connectivity index (χ2v) is 4.98. The summed E-state index contributed by atoms with van der Waals surface area (Å²) in [6.45, 7) is 8.18. The summed E-state index contributed by atoms with van der Waals surface area (Å²) in [7, 11) is 0. The largest absolute Gasteiger partial charge is 0.374 e. The van der Waals surface area contributed by atoms with Crippen molar-refractivity contribution in [1.82, 2.24) is 0 Å². The lowest BCUT2D eigenvalue weighted by atomic mass is 9.71. The predicted octanol–water partition coefficient (Wildman–Crippen LogP) is 2.32. The van der Waals surface area contributed by atoms with Crippen LogP contribution in [-0.4, -0.2) is 18.8 Å². The van der Waals surface area contributed by atoms with E-state index in [9.17, 15) is 0 Å². The van der Waals surface area contributed by atoms with E-state index >= 15 is 0 Å². The maximum Gasteiger partial charge on any atom is 0.0804 e. The standard InChI is InChI=1S/C11H23NO/c1-4-13-11(9-12)7-5-10(2,3)6-8-11/h4-9,12H2,1-3H3. The van der Waals surface area contributed by atoms with Gasteiger partial charge in [0.25, 0.3) is 0 Å². The minimum Gasteiger partial charge on any atom is -0.374 e. The fourth-order valence-electron chi connectivity index (χ4n) is 2.10. The van der Waals surface area contributed by atoms with Gasteiger partial charge in [-0.1, -0.05) is 13.8 Å². The van der Waals surface area contributed by atoms with Crippen molar-refractivity contribution in [2.45, 2.75) is 52.1 Å². The van der Waals surface area contributed by atoms with Gasteiger partial charge in [-0.25, -0.2) is 0 Å². The molecule has 1 rings (SSSR count). The van der Waals surface area contributed by atoms with Crippen molar-refractivity contribution in [1.29, 1.82) is 0 Å². The first kappa shape index (κ1) is 11.0. The first-order valence-electron chi connectivity index (χ1n) is 5.38. The highest BCUT2D eigenvalue weighted by atomic mass is 16.5. The van der Waals surface area contributed by atoms with E-state index in [1.54, 1.807) is 0 Å². The summed E-state index contributed by atoms with van der Waals surface area (Å²) < 4.78 is 5.79. The molecule has 0 heterocycles. The molecule has 0 aromatic carbocycles. The summed E-state index contributed by atoms with van der Waals surface area (Å²) >= 11 is 0. The van der Waals surface area contributed by atoms with Crippen LogP contribution in [0.5, 0.6) is 0 Å². The Balaban J connectivity index is 2.52. The van der Waals surface area contributed by atoms with Gasteiger partial charge >= 0.3 is 0 Å². The minimum atomic E-state index is 0.00424. The first-order chi connectivity index (χ1) is 6.04. The molecule has 78 valence electrons. The second-order valence-electron chi connectivity index (χ2n) is 4.98. The maximum atomic E-state index is 5.79. The van der Waals surface area contributed by atoms with E-state index in [4.69, 9.17) is 10.5 Å². The molecule has 0 aromatic rings. The third kappa shape index (κ3) is 2.68. The molecule has 2 nitrogen and oxygen atoms in total. The lowest BCUT2D eigenvalue weighted by Crippen LogP contribution is -2.45. The Morgan fingerprint density at radius 2 is 1.69 bits per heavy atom. The Labute approximate surface area is 81.8 Å². The van der Waals surface area contributed by atoms with Gasteiger partial charge < -0.3 is 10.5 Å². The molecular formula is C11H23NO. The third-order valence-corrected chi connectivity index (χ3v) is 3.34. The molecule has 0 aromatic heterocycles. The monoisotopic (exact) mass is 185 g/mol. The lowest BCUT2D eigenvalue weighted by molar-refractivity contribution is -0.0761. The zero-order valence-corrected chi connectivity index (χ0v) is 9.23. The van der Waals surface area contributed by atoms with Crippen molar-refractivity contribution in [2.24, 2.45) is 11.1 Å². The van der Waals surface area contributed by atoms with Gasteiger partial charge in [-0.2, -0.15) is 0 Å². The van der Waals surface area contributed by atoms with E-state index in [1.807, 2.05) is 0 Å². The molecule has 0 aliphatic heterocycles. The van der Waals surface area contributed by atoms with E-state index in [1.165, 1.54) is 12.8 Å². The van der Waals surface area contributed by atoms with E-state index in [0.29, 0.717) is 12.0 Å². The quantitative estimate of drug-likeness (QED) is 0.732. The minimum absolute atomic E-state index is 0.00424. The van der Waals surface area contributed by atoms with E-state index in [2.05, 4.69) is 20.8 Å². The number of rotatable bonds is 3. The Morgan fingerprint density at radius 1 is 1.15 bits per heavy atom. The van der Waals surface area contributed by atoms with E-state index < -0.39 is 0 Å². The van der Waals surface area contributed by atoms with Crippen LogP contribution < -0.4 is 5.73 Å². The molecule has 1 aliphatic carbocycles. The molecule has 0 atom stereocenters. The molecule has 0 spiro atoms.